The SMILES string of the molecule is CCCN(Cc1nnc(-c2cccs2)o1)Cc1c(C)nn(-c2ccccc2)c1Cl. The van der Waals surface area contributed by atoms with E-state index in [1.165, 1.54) is 0 Å². The zero-order valence-electron chi connectivity index (χ0n) is 16.4. The Balaban J connectivity index is 1.54. The van der Waals surface area contributed by atoms with E-state index in [1.54, 1.807) is 16.0 Å². The summed E-state index contributed by atoms with van der Waals surface area (Å²) < 4.78 is 7.66. The monoisotopic (exact) mass is 427 g/mol. The van der Waals surface area contributed by atoms with Gasteiger partial charge in [0.15, 0.2) is 0 Å². The Bertz CT molecular complexity index is 1060. The van der Waals surface area contributed by atoms with E-state index in [9.17, 15) is 0 Å². The van der Waals surface area contributed by atoms with Crippen LogP contribution >= 0.6 is 22.9 Å². The molecule has 0 N–H and O–H groups in total. The second-order valence-electron chi connectivity index (χ2n) is 6.79. The molecule has 0 aliphatic rings. The van der Waals surface area contributed by atoms with Crippen LogP contribution in [0.15, 0.2) is 52.3 Å². The van der Waals surface area contributed by atoms with Crippen LogP contribution in [0.5, 0.6) is 0 Å². The highest BCUT2D eigenvalue weighted by atomic mass is 35.5. The maximum absolute atomic E-state index is 6.71. The molecule has 6 nitrogen and oxygen atoms in total. The van der Waals surface area contributed by atoms with E-state index in [-0.39, 0.29) is 0 Å². The highest BCUT2D eigenvalue weighted by Gasteiger charge is 2.19. The van der Waals surface area contributed by atoms with Crippen molar-refractivity contribution in [2.75, 3.05) is 6.54 Å². The fourth-order valence-corrected chi connectivity index (χ4v) is 4.19. The van der Waals surface area contributed by atoms with Crippen molar-refractivity contribution >= 4 is 22.9 Å². The molecule has 0 spiro atoms. The van der Waals surface area contributed by atoms with Crippen molar-refractivity contribution in [2.45, 2.75) is 33.4 Å². The van der Waals surface area contributed by atoms with Crippen LogP contribution in [-0.4, -0.2) is 31.4 Å². The lowest BCUT2D eigenvalue weighted by Gasteiger charge is -2.19. The predicted octanol–water partition coefficient (Wildman–Crippen LogP) is 5.36. The Kier molecular flexibility index (Phi) is 6.08. The summed E-state index contributed by atoms with van der Waals surface area (Å²) in [5.41, 5.74) is 2.89. The maximum Gasteiger partial charge on any atom is 0.257 e. The van der Waals surface area contributed by atoms with Crippen molar-refractivity contribution in [1.29, 1.82) is 0 Å². The first-order valence-corrected chi connectivity index (χ1v) is 10.8. The highest BCUT2D eigenvalue weighted by molar-refractivity contribution is 7.13. The van der Waals surface area contributed by atoms with Gasteiger partial charge in [-0.25, -0.2) is 4.68 Å². The molecule has 0 saturated carbocycles. The third-order valence-electron chi connectivity index (χ3n) is 4.60. The average Bonchev–Trinajstić information content (AvgIpc) is 3.46. The smallest absolute Gasteiger partial charge is 0.257 e. The number of aromatic nitrogens is 4. The van der Waals surface area contributed by atoms with Gasteiger partial charge in [-0.2, -0.15) is 5.10 Å². The van der Waals surface area contributed by atoms with Gasteiger partial charge in [-0.15, -0.1) is 21.5 Å². The van der Waals surface area contributed by atoms with E-state index in [0.717, 1.165) is 34.8 Å². The van der Waals surface area contributed by atoms with Gasteiger partial charge in [0.2, 0.25) is 5.89 Å². The molecule has 0 unspecified atom stereocenters. The molecule has 0 aliphatic carbocycles. The predicted molar refractivity (Wildman–Crippen MR) is 115 cm³/mol. The van der Waals surface area contributed by atoms with E-state index in [4.69, 9.17) is 16.0 Å². The van der Waals surface area contributed by atoms with E-state index >= 15 is 0 Å². The molecule has 4 aromatic rings. The summed E-state index contributed by atoms with van der Waals surface area (Å²) in [6, 6.07) is 13.9. The Hall–Kier alpha value is -2.48. The van der Waals surface area contributed by atoms with Gasteiger partial charge in [-0.05, 0) is 43.5 Å². The van der Waals surface area contributed by atoms with Crippen LogP contribution in [0.25, 0.3) is 16.5 Å². The number of thiophene rings is 1. The third kappa shape index (κ3) is 4.42. The first-order chi connectivity index (χ1) is 14.2. The first-order valence-electron chi connectivity index (χ1n) is 9.53. The summed E-state index contributed by atoms with van der Waals surface area (Å²) in [5.74, 6) is 1.17. The topological polar surface area (TPSA) is 60.0 Å². The lowest BCUT2D eigenvalue weighted by atomic mass is 10.2. The number of nitrogens with zero attached hydrogens (tertiary/aromatic N) is 5. The molecule has 3 heterocycles. The molecule has 0 amide bonds. The van der Waals surface area contributed by atoms with Gasteiger partial charge in [-0.1, -0.05) is 42.8 Å². The number of rotatable bonds is 8. The van der Waals surface area contributed by atoms with Crippen molar-refractivity contribution in [2.24, 2.45) is 0 Å². The molecular weight excluding hydrogens is 406 g/mol. The zero-order valence-corrected chi connectivity index (χ0v) is 18.0. The summed E-state index contributed by atoms with van der Waals surface area (Å²) in [7, 11) is 0. The number of halogens is 1. The van der Waals surface area contributed by atoms with Gasteiger partial charge in [-0.3, -0.25) is 4.90 Å². The molecule has 0 radical (unpaired) electrons. The van der Waals surface area contributed by atoms with Crippen molar-refractivity contribution in [1.82, 2.24) is 24.9 Å². The van der Waals surface area contributed by atoms with Gasteiger partial charge >= 0.3 is 0 Å². The van der Waals surface area contributed by atoms with Gasteiger partial charge < -0.3 is 4.42 Å². The maximum atomic E-state index is 6.71. The minimum Gasteiger partial charge on any atom is -0.419 e. The van der Waals surface area contributed by atoms with Crippen LogP contribution in [-0.2, 0) is 13.1 Å². The summed E-state index contributed by atoms with van der Waals surface area (Å²) in [6.45, 7) is 6.27. The van der Waals surface area contributed by atoms with E-state index in [0.29, 0.717) is 30.0 Å². The molecule has 150 valence electrons. The summed E-state index contributed by atoms with van der Waals surface area (Å²) in [4.78, 5) is 3.24. The van der Waals surface area contributed by atoms with Crippen LogP contribution in [0.2, 0.25) is 5.15 Å². The Morgan fingerprint density at radius 2 is 1.93 bits per heavy atom. The van der Waals surface area contributed by atoms with E-state index in [2.05, 4.69) is 27.1 Å². The Labute approximate surface area is 178 Å². The molecule has 0 bridgehead atoms. The van der Waals surface area contributed by atoms with Crippen molar-refractivity contribution < 1.29 is 4.42 Å². The minimum absolute atomic E-state index is 0.567. The molecule has 0 atom stereocenters. The second kappa shape index (κ2) is 8.90. The summed E-state index contributed by atoms with van der Waals surface area (Å²) in [6.07, 6.45) is 1.01. The first kappa shape index (κ1) is 19.8. The van der Waals surface area contributed by atoms with Crippen LogP contribution in [0.3, 0.4) is 0 Å². The minimum atomic E-state index is 0.567. The largest absolute Gasteiger partial charge is 0.419 e. The number of hydrogen-bond acceptors (Lipinski definition) is 6. The summed E-state index contributed by atoms with van der Waals surface area (Å²) >= 11 is 8.29. The van der Waals surface area contributed by atoms with Crippen molar-refractivity contribution in [3.05, 3.63) is 70.1 Å². The van der Waals surface area contributed by atoms with Gasteiger partial charge in [0.25, 0.3) is 5.89 Å². The lowest BCUT2D eigenvalue weighted by Crippen LogP contribution is -2.24. The number of hydrogen-bond donors (Lipinski definition) is 0. The average molecular weight is 428 g/mol. The molecule has 1 aromatic carbocycles. The normalized spacial score (nSPS) is 11.4. The fourth-order valence-electron chi connectivity index (χ4n) is 3.21. The fraction of sp³-hybridized carbons (Fsp3) is 0.286. The standard InChI is InChI=1S/C21H22ClN5OS/c1-3-11-26(14-19-23-24-21(28-19)18-10-7-12-29-18)13-17-15(2)25-27(20(17)22)16-8-5-4-6-9-16/h4-10,12H,3,11,13-14H2,1-2H3. The molecule has 3 aromatic heterocycles. The Morgan fingerprint density at radius 1 is 1.10 bits per heavy atom. The highest BCUT2D eigenvalue weighted by Crippen LogP contribution is 2.26. The molecule has 0 fully saturated rings. The van der Waals surface area contributed by atoms with E-state index < -0.39 is 0 Å². The molecule has 0 saturated heterocycles. The van der Waals surface area contributed by atoms with Crippen LogP contribution in [0.1, 0.15) is 30.5 Å². The van der Waals surface area contributed by atoms with E-state index in [1.807, 2.05) is 54.8 Å². The second-order valence-corrected chi connectivity index (χ2v) is 8.10. The van der Waals surface area contributed by atoms with Crippen molar-refractivity contribution in [3.63, 3.8) is 0 Å². The lowest BCUT2D eigenvalue weighted by molar-refractivity contribution is 0.231. The molecule has 0 aliphatic heterocycles. The Morgan fingerprint density at radius 3 is 2.66 bits per heavy atom. The van der Waals surface area contributed by atoms with Crippen molar-refractivity contribution in [3.8, 4) is 16.5 Å². The summed E-state index contributed by atoms with van der Waals surface area (Å²) in [5, 5.41) is 15.7. The number of aryl methyl sites for hydroxylation is 1. The number of para-hydroxylation sites is 1. The zero-order chi connectivity index (χ0) is 20.2. The molecule has 4 rings (SSSR count). The van der Waals surface area contributed by atoms with Gasteiger partial charge in [0.1, 0.15) is 5.15 Å². The van der Waals surface area contributed by atoms with Crippen LogP contribution in [0, 0.1) is 6.92 Å². The van der Waals surface area contributed by atoms with Gasteiger partial charge in [0.05, 0.1) is 22.8 Å². The molecule has 29 heavy (non-hydrogen) atoms. The quantitative estimate of drug-likeness (QED) is 0.379. The molecule has 8 heteroatoms. The third-order valence-corrected chi connectivity index (χ3v) is 5.85. The van der Waals surface area contributed by atoms with Crippen LogP contribution in [0.4, 0.5) is 0 Å². The number of benzene rings is 1. The molecular formula is C21H22ClN5OS. The van der Waals surface area contributed by atoms with Crippen LogP contribution < -0.4 is 0 Å². The van der Waals surface area contributed by atoms with Gasteiger partial charge in [0, 0.05) is 12.1 Å².